The highest BCUT2D eigenvalue weighted by Crippen LogP contribution is 2.24. The first-order valence-corrected chi connectivity index (χ1v) is 42.1. The highest BCUT2D eigenvalue weighted by molar-refractivity contribution is 5.76. The molecule has 0 aromatic heterocycles. The van der Waals surface area contributed by atoms with Crippen molar-refractivity contribution in [1.29, 1.82) is 0 Å². The second kappa shape index (κ2) is 75.3. The van der Waals surface area contributed by atoms with Crippen LogP contribution in [0.25, 0.3) is 0 Å². The molecule has 0 spiro atoms. The lowest BCUT2D eigenvalue weighted by Gasteiger charge is -2.40. The van der Waals surface area contributed by atoms with Crippen LogP contribution in [0.5, 0.6) is 0 Å². The Hall–Kier alpha value is -2.37. The number of carbonyl (C=O) groups excluding carboxylic acids is 1. The molecule has 0 saturated carbocycles. The van der Waals surface area contributed by atoms with Gasteiger partial charge >= 0.3 is 0 Å². The summed E-state index contributed by atoms with van der Waals surface area (Å²) in [6.45, 7) is 3.78. The lowest BCUT2D eigenvalue weighted by molar-refractivity contribution is -0.302. The normalized spacial score (nSPS) is 17.8. The highest BCUT2D eigenvalue weighted by Gasteiger charge is 2.44. The molecule has 1 heterocycles. The summed E-state index contributed by atoms with van der Waals surface area (Å²) < 4.78 is 11.4. The van der Waals surface area contributed by atoms with Gasteiger partial charge in [-0.05, 0) is 64.2 Å². The Labute approximate surface area is 595 Å². The number of hydrogen-bond acceptors (Lipinski definition) is 8. The summed E-state index contributed by atoms with van der Waals surface area (Å²) in [6.07, 6.45) is 100. The zero-order valence-electron chi connectivity index (χ0n) is 63.4. The predicted molar refractivity (Wildman–Crippen MR) is 415 cm³/mol. The third-order valence-electron chi connectivity index (χ3n) is 20.1. The van der Waals surface area contributed by atoms with Crippen molar-refractivity contribution in [3.8, 4) is 0 Å². The number of hydrogen-bond donors (Lipinski definition) is 6. The Balaban J connectivity index is 2.03. The Bertz CT molecular complexity index is 1760. The van der Waals surface area contributed by atoms with Crippen molar-refractivity contribution in [2.75, 3.05) is 13.2 Å². The fourth-order valence-corrected chi connectivity index (χ4v) is 13.6. The van der Waals surface area contributed by atoms with Gasteiger partial charge in [-0.25, -0.2) is 0 Å². The van der Waals surface area contributed by atoms with E-state index in [1.165, 1.54) is 315 Å². The van der Waals surface area contributed by atoms with Gasteiger partial charge in [-0.15, -0.1) is 0 Å². The lowest BCUT2D eigenvalue weighted by atomic mass is 9.99. The molecule has 1 rings (SSSR count). The predicted octanol–water partition coefficient (Wildman–Crippen LogP) is 24.6. The fraction of sp³-hybridized carbons (Fsp3) is 0.851. The lowest BCUT2D eigenvalue weighted by Crippen LogP contribution is -2.60. The second-order valence-electron chi connectivity index (χ2n) is 29.3. The van der Waals surface area contributed by atoms with Gasteiger partial charge in [0.1, 0.15) is 24.4 Å². The van der Waals surface area contributed by atoms with E-state index in [1.54, 1.807) is 0 Å². The number of allylic oxidation sites excluding steroid dienone is 12. The maximum atomic E-state index is 13.2. The molecule has 1 amide bonds. The first kappa shape index (κ1) is 91.6. The van der Waals surface area contributed by atoms with E-state index in [9.17, 15) is 30.3 Å². The summed E-state index contributed by atoms with van der Waals surface area (Å²) in [5, 5.41) is 55.2. The Morgan fingerprint density at radius 3 is 0.958 bits per heavy atom. The quantitative estimate of drug-likeness (QED) is 0.0261. The average molecular weight is 1350 g/mol. The van der Waals surface area contributed by atoms with Crippen LogP contribution in [0, 0.1) is 0 Å². The van der Waals surface area contributed by atoms with Crippen molar-refractivity contribution in [3.05, 3.63) is 72.9 Å². The van der Waals surface area contributed by atoms with Crippen molar-refractivity contribution in [2.24, 2.45) is 0 Å². The maximum Gasteiger partial charge on any atom is 0.220 e. The number of amides is 1. The Morgan fingerprint density at radius 2 is 0.646 bits per heavy atom. The largest absolute Gasteiger partial charge is 0.394 e. The smallest absolute Gasteiger partial charge is 0.220 e. The molecule has 6 N–H and O–H groups in total. The SMILES string of the molecule is CC/C=C\C/C=C\C/C=C\C/C=C\C/C=C\C/C=C\CCCCCCCCCCCCCCCCCCCCCCCCC(=O)NC(COC1OC(CO)C(O)C(O)C1O)C(O)CCCCCCCCCCCCCCCCCCCCCCCCCCCCCCCCCC. The van der Waals surface area contributed by atoms with Crippen LogP contribution in [-0.4, -0.2) is 87.5 Å². The monoisotopic (exact) mass is 1350 g/mol. The van der Waals surface area contributed by atoms with E-state index in [0.29, 0.717) is 12.8 Å². The summed E-state index contributed by atoms with van der Waals surface area (Å²) in [7, 11) is 0. The third-order valence-corrected chi connectivity index (χ3v) is 20.1. The van der Waals surface area contributed by atoms with E-state index in [1.807, 2.05) is 0 Å². The molecule has 0 bridgehead atoms. The number of ether oxygens (including phenoxy) is 2. The summed E-state index contributed by atoms with van der Waals surface area (Å²) >= 11 is 0. The van der Waals surface area contributed by atoms with Gasteiger partial charge in [0.05, 0.1) is 25.4 Å². The summed E-state index contributed by atoms with van der Waals surface area (Å²) in [5.74, 6) is -0.136. The van der Waals surface area contributed by atoms with Gasteiger partial charge in [0.25, 0.3) is 0 Å². The van der Waals surface area contributed by atoms with Gasteiger partial charge < -0.3 is 40.3 Å². The zero-order valence-corrected chi connectivity index (χ0v) is 63.4. The Kier molecular flexibility index (Phi) is 71.9. The molecule has 1 saturated heterocycles. The number of rotatable bonds is 75. The van der Waals surface area contributed by atoms with Gasteiger partial charge in [0.2, 0.25) is 5.91 Å². The summed E-state index contributed by atoms with van der Waals surface area (Å²) in [6, 6.07) is -0.722. The minimum atomic E-state index is -1.56. The van der Waals surface area contributed by atoms with Crippen LogP contribution in [0.2, 0.25) is 0 Å². The van der Waals surface area contributed by atoms with Gasteiger partial charge in [0, 0.05) is 6.42 Å². The van der Waals surface area contributed by atoms with E-state index in [0.717, 1.165) is 77.0 Å². The van der Waals surface area contributed by atoms with E-state index in [4.69, 9.17) is 9.47 Å². The minimum absolute atomic E-state index is 0.135. The number of aliphatic hydroxyl groups is 5. The van der Waals surface area contributed by atoms with Crippen LogP contribution in [-0.2, 0) is 14.3 Å². The van der Waals surface area contributed by atoms with Crippen molar-refractivity contribution < 1.29 is 39.8 Å². The molecule has 1 aliphatic rings. The first-order valence-electron chi connectivity index (χ1n) is 42.1. The topological polar surface area (TPSA) is 149 Å². The molecule has 9 nitrogen and oxygen atoms in total. The Morgan fingerprint density at radius 1 is 0.365 bits per heavy atom. The maximum absolute atomic E-state index is 13.2. The molecule has 0 radical (unpaired) electrons. The number of nitrogens with one attached hydrogen (secondary N) is 1. The van der Waals surface area contributed by atoms with E-state index >= 15 is 0 Å². The minimum Gasteiger partial charge on any atom is -0.394 e. The summed E-state index contributed by atoms with van der Waals surface area (Å²) in [5.41, 5.74) is 0. The molecule has 9 heteroatoms. The van der Waals surface area contributed by atoms with Gasteiger partial charge in [-0.3, -0.25) is 4.79 Å². The fourth-order valence-electron chi connectivity index (χ4n) is 13.6. The molecule has 1 fully saturated rings. The van der Waals surface area contributed by atoms with Gasteiger partial charge in [-0.1, -0.05) is 421 Å². The second-order valence-corrected chi connectivity index (χ2v) is 29.3. The van der Waals surface area contributed by atoms with Crippen LogP contribution >= 0.6 is 0 Å². The van der Waals surface area contributed by atoms with Crippen LogP contribution in [0.3, 0.4) is 0 Å². The number of unbranched alkanes of at least 4 members (excludes halogenated alkanes) is 53. The standard InChI is InChI=1S/C87H161NO8/c1-3-5-7-9-11-13-15-17-19-21-23-25-27-29-31-33-35-37-38-39-40-41-42-43-44-45-47-49-51-53-55-57-59-61-63-65-67-69-71-73-75-77-83(91)88-80(79-95-87-86(94)85(93)84(92)82(78-89)96-87)81(90)76-74-72-70-68-66-64-62-60-58-56-54-52-50-48-46-36-34-32-30-28-26-24-22-20-18-16-14-12-10-8-6-4-2/h5,7,11,13,17,19,23,25,29,31,35,37,80-82,84-87,89-90,92-94H,3-4,6,8-10,12,14-16,18,20-22,24,26-28,30,32-34,36,38-79H2,1-2H3,(H,88,91)/b7-5-,13-11-,19-17-,25-23-,31-29-,37-35-. The molecular weight excluding hydrogens is 1190 g/mol. The van der Waals surface area contributed by atoms with E-state index in [2.05, 4.69) is 92.1 Å². The van der Waals surface area contributed by atoms with Crippen LogP contribution in [0.4, 0.5) is 0 Å². The van der Waals surface area contributed by atoms with Crippen molar-refractivity contribution in [1.82, 2.24) is 5.32 Å². The molecule has 7 atom stereocenters. The number of carbonyl (C=O) groups is 1. The van der Waals surface area contributed by atoms with E-state index in [-0.39, 0.29) is 12.5 Å². The van der Waals surface area contributed by atoms with Gasteiger partial charge in [0.15, 0.2) is 6.29 Å². The molecule has 0 aliphatic carbocycles. The van der Waals surface area contributed by atoms with Crippen LogP contribution in [0.1, 0.15) is 418 Å². The number of aliphatic hydroxyl groups excluding tert-OH is 5. The zero-order chi connectivity index (χ0) is 69.2. The first-order chi connectivity index (χ1) is 47.3. The summed E-state index contributed by atoms with van der Waals surface area (Å²) in [4.78, 5) is 13.2. The van der Waals surface area contributed by atoms with Crippen molar-refractivity contribution in [3.63, 3.8) is 0 Å². The molecule has 1 aliphatic heterocycles. The van der Waals surface area contributed by atoms with Crippen LogP contribution in [0.15, 0.2) is 72.9 Å². The van der Waals surface area contributed by atoms with Crippen LogP contribution < -0.4 is 5.32 Å². The highest BCUT2D eigenvalue weighted by atomic mass is 16.7. The van der Waals surface area contributed by atoms with Crippen molar-refractivity contribution >= 4 is 5.91 Å². The molecule has 7 unspecified atom stereocenters. The molecular formula is C87H161NO8. The third kappa shape index (κ3) is 62.6. The van der Waals surface area contributed by atoms with Gasteiger partial charge in [-0.2, -0.15) is 0 Å². The molecule has 0 aromatic rings. The molecule has 0 aromatic carbocycles. The average Bonchev–Trinajstić information content (AvgIpc) is 0.840. The van der Waals surface area contributed by atoms with Crippen molar-refractivity contribution in [2.45, 2.75) is 461 Å². The van der Waals surface area contributed by atoms with E-state index < -0.39 is 49.5 Å². The molecule has 96 heavy (non-hydrogen) atoms. The molecule has 562 valence electrons.